The zero-order valence-electron chi connectivity index (χ0n) is 13.4. The number of amides is 3. The van der Waals surface area contributed by atoms with Gasteiger partial charge in [-0.25, -0.2) is 4.79 Å². The zero-order chi connectivity index (χ0) is 16.5. The number of hydrogen-bond acceptors (Lipinski definition) is 5. The molecule has 4 rings (SSSR count). The van der Waals surface area contributed by atoms with Crippen LogP contribution in [0.2, 0.25) is 0 Å². The largest absolute Gasteiger partial charge is 0.354 e. The predicted octanol–water partition coefficient (Wildman–Crippen LogP) is 1.82. The fourth-order valence-electron chi connectivity index (χ4n) is 3.48. The number of anilines is 1. The Morgan fingerprint density at radius 1 is 1.25 bits per heavy atom. The highest BCUT2D eigenvalue weighted by Crippen LogP contribution is 2.29. The van der Waals surface area contributed by atoms with E-state index >= 15 is 0 Å². The second-order valence-corrected chi connectivity index (χ2v) is 6.49. The average molecular weight is 328 g/mol. The van der Waals surface area contributed by atoms with Gasteiger partial charge in [-0.05, 0) is 56.0 Å². The van der Waals surface area contributed by atoms with Gasteiger partial charge in [-0.2, -0.15) is 0 Å². The number of piperidine rings is 1. The molecule has 2 aliphatic heterocycles. The predicted molar refractivity (Wildman–Crippen MR) is 88.8 cm³/mol. The Hall–Kier alpha value is -2.41. The summed E-state index contributed by atoms with van der Waals surface area (Å²) in [6.45, 7) is 2.48. The van der Waals surface area contributed by atoms with E-state index in [1.54, 1.807) is 0 Å². The van der Waals surface area contributed by atoms with Crippen LogP contribution in [0.25, 0.3) is 11.0 Å². The van der Waals surface area contributed by atoms with Crippen molar-refractivity contribution in [2.45, 2.75) is 25.7 Å². The van der Waals surface area contributed by atoms with Crippen molar-refractivity contribution < 1.29 is 14.1 Å². The number of rotatable bonds is 3. The van der Waals surface area contributed by atoms with Crippen LogP contribution in [0.1, 0.15) is 24.8 Å². The monoisotopic (exact) mass is 328 g/mol. The minimum atomic E-state index is -0.440. The van der Waals surface area contributed by atoms with Crippen molar-refractivity contribution >= 4 is 28.7 Å². The molecule has 0 saturated carbocycles. The summed E-state index contributed by atoms with van der Waals surface area (Å²) < 4.78 is 5.36. The van der Waals surface area contributed by atoms with E-state index in [9.17, 15) is 9.59 Å². The Kier molecular flexibility index (Phi) is 3.93. The van der Waals surface area contributed by atoms with Crippen molar-refractivity contribution in [3.8, 4) is 0 Å². The van der Waals surface area contributed by atoms with Crippen molar-refractivity contribution in [1.29, 1.82) is 0 Å². The summed E-state index contributed by atoms with van der Waals surface area (Å²) >= 11 is 0. The molecule has 3 heterocycles. The molecule has 2 aliphatic rings. The molecular formula is C17H20N4O3. The number of benzene rings is 1. The van der Waals surface area contributed by atoms with Gasteiger partial charge in [-0.3, -0.25) is 15.0 Å². The van der Waals surface area contributed by atoms with Crippen LogP contribution < -0.4 is 15.5 Å². The Morgan fingerprint density at radius 2 is 2.08 bits per heavy atom. The van der Waals surface area contributed by atoms with Crippen LogP contribution in [-0.4, -0.2) is 36.7 Å². The maximum absolute atomic E-state index is 12.1. The smallest absolute Gasteiger partial charge is 0.329 e. The molecule has 0 radical (unpaired) electrons. The maximum atomic E-state index is 12.1. The van der Waals surface area contributed by atoms with Crippen molar-refractivity contribution in [3.63, 3.8) is 0 Å². The second kappa shape index (κ2) is 6.24. The first-order valence-corrected chi connectivity index (χ1v) is 8.41. The summed E-state index contributed by atoms with van der Waals surface area (Å²) in [5.41, 5.74) is 1.89. The van der Waals surface area contributed by atoms with E-state index in [1.165, 1.54) is 23.3 Å². The molecule has 2 saturated heterocycles. The van der Waals surface area contributed by atoms with Gasteiger partial charge < -0.3 is 9.84 Å². The van der Waals surface area contributed by atoms with E-state index < -0.39 is 6.03 Å². The van der Waals surface area contributed by atoms with Crippen molar-refractivity contribution in [2.24, 2.45) is 5.92 Å². The van der Waals surface area contributed by atoms with E-state index in [2.05, 4.69) is 27.9 Å². The lowest BCUT2D eigenvalue weighted by Gasteiger charge is -2.24. The standard InChI is InChI=1S/C17H20N4O3/c22-15-5-8-21(17(23)19-15)16-13-10-12(1-2-14(13)24-20-16)9-11-3-6-18-7-4-11/h1-2,10-11,18H,3-9H2,(H,19,22,23). The first kappa shape index (κ1) is 15.1. The van der Waals surface area contributed by atoms with Crippen molar-refractivity contribution in [2.75, 3.05) is 24.5 Å². The molecule has 7 heteroatoms. The highest BCUT2D eigenvalue weighted by atomic mass is 16.5. The molecule has 2 N–H and O–H groups in total. The van der Waals surface area contributed by atoms with E-state index in [-0.39, 0.29) is 12.3 Å². The molecule has 1 aromatic carbocycles. The van der Waals surface area contributed by atoms with E-state index in [0.717, 1.165) is 24.9 Å². The van der Waals surface area contributed by atoms with E-state index in [0.29, 0.717) is 23.9 Å². The van der Waals surface area contributed by atoms with Crippen LogP contribution in [-0.2, 0) is 11.2 Å². The third kappa shape index (κ3) is 2.87. The van der Waals surface area contributed by atoms with Gasteiger partial charge >= 0.3 is 6.03 Å². The number of urea groups is 1. The number of nitrogens with one attached hydrogen (secondary N) is 2. The highest BCUT2D eigenvalue weighted by molar-refractivity contribution is 6.08. The maximum Gasteiger partial charge on any atom is 0.329 e. The average Bonchev–Trinajstić information content (AvgIpc) is 2.99. The van der Waals surface area contributed by atoms with Crippen LogP contribution >= 0.6 is 0 Å². The van der Waals surface area contributed by atoms with Crippen LogP contribution in [0.15, 0.2) is 22.7 Å². The Bertz CT molecular complexity index is 779. The molecule has 2 aromatic rings. The SMILES string of the molecule is O=C1CCN(c2noc3ccc(CC4CCNCC4)cc23)C(=O)N1. The van der Waals surface area contributed by atoms with Crippen molar-refractivity contribution in [3.05, 3.63) is 23.8 Å². The third-order valence-corrected chi connectivity index (χ3v) is 4.81. The lowest BCUT2D eigenvalue weighted by molar-refractivity contribution is -0.120. The van der Waals surface area contributed by atoms with Gasteiger partial charge in [-0.15, -0.1) is 0 Å². The molecule has 0 aliphatic carbocycles. The summed E-state index contributed by atoms with van der Waals surface area (Å²) in [5.74, 6) is 0.917. The highest BCUT2D eigenvalue weighted by Gasteiger charge is 2.28. The number of hydrogen-bond donors (Lipinski definition) is 2. The van der Waals surface area contributed by atoms with Crippen LogP contribution in [0.5, 0.6) is 0 Å². The molecule has 2 fully saturated rings. The summed E-state index contributed by atoms with van der Waals surface area (Å²) in [6, 6.07) is 5.60. The molecule has 0 atom stereocenters. The van der Waals surface area contributed by atoms with Crippen LogP contribution in [0, 0.1) is 5.92 Å². The second-order valence-electron chi connectivity index (χ2n) is 6.49. The molecule has 24 heavy (non-hydrogen) atoms. The summed E-state index contributed by atoms with van der Waals surface area (Å²) in [5, 5.41) is 10.6. The topological polar surface area (TPSA) is 87.5 Å². The molecule has 126 valence electrons. The number of nitrogens with zero attached hydrogens (tertiary/aromatic N) is 2. The number of imide groups is 1. The van der Waals surface area contributed by atoms with Gasteiger partial charge in [0.1, 0.15) is 0 Å². The molecule has 7 nitrogen and oxygen atoms in total. The van der Waals surface area contributed by atoms with Gasteiger partial charge in [0, 0.05) is 13.0 Å². The first-order valence-electron chi connectivity index (χ1n) is 8.41. The van der Waals surface area contributed by atoms with Crippen molar-refractivity contribution in [1.82, 2.24) is 15.8 Å². The van der Waals surface area contributed by atoms with Gasteiger partial charge in [0.05, 0.1) is 5.39 Å². The summed E-state index contributed by atoms with van der Waals surface area (Å²) in [6.07, 6.45) is 3.66. The van der Waals surface area contributed by atoms with E-state index in [1.807, 2.05) is 6.07 Å². The van der Waals surface area contributed by atoms with Gasteiger partial charge in [-0.1, -0.05) is 11.2 Å². The third-order valence-electron chi connectivity index (χ3n) is 4.81. The number of aromatic nitrogens is 1. The lowest BCUT2D eigenvalue weighted by atomic mass is 9.91. The molecular weight excluding hydrogens is 308 g/mol. The molecule has 3 amide bonds. The lowest BCUT2D eigenvalue weighted by Crippen LogP contribution is -2.49. The molecule has 0 bridgehead atoms. The first-order chi connectivity index (χ1) is 11.7. The van der Waals surface area contributed by atoms with Gasteiger partial charge in [0.25, 0.3) is 0 Å². The zero-order valence-corrected chi connectivity index (χ0v) is 13.4. The quantitative estimate of drug-likeness (QED) is 0.897. The normalized spacial score (nSPS) is 19.8. The Morgan fingerprint density at radius 3 is 2.88 bits per heavy atom. The molecule has 0 spiro atoms. The Labute approximate surface area is 139 Å². The van der Waals surface area contributed by atoms with Crippen LogP contribution in [0.3, 0.4) is 0 Å². The van der Waals surface area contributed by atoms with Crippen LogP contribution in [0.4, 0.5) is 10.6 Å². The van der Waals surface area contributed by atoms with Gasteiger partial charge in [0.15, 0.2) is 11.4 Å². The van der Waals surface area contributed by atoms with Gasteiger partial charge in [0.2, 0.25) is 5.91 Å². The molecule has 1 aromatic heterocycles. The molecule has 0 unspecified atom stereocenters. The minimum absolute atomic E-state index is 0.254. The number of carbonyl (C=O) groups is 2. The summed E-state index contributed by atoms with van der Waals surface area (Å²) in [7, 11) is 0. The fraction of sp³-hybridized carbons (Fsp3) is 0.471. The van der Waals surface area contributed by atoms with E-state index in [4.69, 9.17) is 4.52 Å². The fourth-order valence-corrected chi connectivity index (χ4v) is 3.48. The summed E-state index contributed by atoms with van der Waals surface area (Å²) in [4.78, 5) is 24.8. The minimum Gasteiger partial charge on any atom is -0.354 e. The Balaban J connectivity index is 1.61. The number of fused-ring (bicyclic) bond motifs is 1. The number of carbonyl (C=O) groups excluding carboxylic acids is 2.